The molecule has 0 aliphatic carbocycles. The molecule has 5 nitrogen and oxygen atoms in total. The summed E-state index contributed by atoms with van der Waals surface area (Å²) in [4.78, 5) is 18.1. The predicted octanol–water partition coefficient (Wildman–Crippen LogP) is 4.23. The molecule has 1 aromatic heterocycles. The number of anilines is 1. The monoisotopic (exact) mass is 368 g/mol. The minimum atomic E-state index is -0.152. The molecule has 4 rings (SSSR count). The molecule has 0 bridgehead atoms. The molecule has 0 unspecified atom stereocenters. The smallest absolute Gasteiger partial charge is 0.280 e. The van der Waals surface area contributed by atoms with Crippen LogP contribution in [-0.2, 0) is 0 Å². The molecule has 0 amide bonds. The summed E-state index contributed by atoms with van der Waals surface area (Å²) in [6, 6.07) is 26.5. The van der Waals surface area contributed by atoms with E-state index in [0.717, 1.165) is 16.9 Å². The molecule has 138 valence electrons. The standard InChI is InChI=1S/C23H20N4O/c1-16-21(23(28)27(26-16)18-12-6-3-7-13-18)22(17-10-4-2-5-11-17)25-20-15-9-8-14-19(20)24/h2-15,26H,24H2,1H3. The SMILES string of the molecule is Cc1[nH]n(-c2ccccc2)c(=O)c1C(=Nc1ccccc1N)c1ccccc1. The van der Waals surface area contributed by atoms with E-state index >= 15 is 0 Å². The van der Waals surface area contributed by atoms with Crippen LogP contribution in [0, 0.1) is 6.92 Å². The Morgan fingerprint density at radius 1 is 0.893 bits per heavy atom. The van der Waals surface area contributed by atoms with Gasteiger partial charge < -0.3 is 5.73 Å². The van der Waals surface area contributed by atoms with Gasteiger partial charge in [0.15, 0.2) is 0 Å². The number of hydrogen-bond donors (Lipinski definition) is 2. The molecule has 1 heterocycles. The van der Waals surface area contributed by atoms with Crippen LogP contribution in [0.15, 0.2) is 94.7 Å². The number of rotatable bonds is 4. The molecule has 4 aromatic rings. The Hall–Kier alpha value is -3.86. The lowest BCUT2D eigenvalue weighted by molar-refractivity contribution is 0.835. The van der Waals surface area contributed by atoms with Crippen molar-refractivity contribution < 1.29 is 0 Å². The lowest BCUT2D eigenvalue weighted by Gasteiger charge is -2.07. The highest BCUT2D eigenvalue weighted by Gasteiger charge is 2.19. The number of nitrogens with zero attached hydrogens (tertiary/aromatic N) is 2. The van der Waals surface area contributed by atoms with Crippen molar-refractivity contribution in [3.63, 3.8) is 0 Å². The Labute approximate surface area is 162 Å². The van der Waals surface area contributed by atoms with Crippen molar-refractivity contribution in [2.24, 2.45) is 4.99 Å². The second kappa shape index (κ2) is 7.40. The number of benzene rings is 3. The van der Waals surface area contributed by atoms with Gasteiger partial charge in [0.25, 0.3) is 5.56 Å². The molecule has 3 N–H and O–H groups in total. The van der Waals surface area contributed by atoms with E-state index in [1.165, 1.54) is 4.68 Å². The summed E-state index contributed by atoms with van der Waals surface area (Å²) in [5.41, 5.74) is 10.6. The number of para-hydroxylation sites is 3. The van der Waals surface area contributed by atoms with Crippen molar-refractivity contribution in [2.75, 3.05) is 5.73 Å². The maximum atomic E-state index is 13.3. The molecular formula is C23H20N4O. The summed E-state index contributed by atoms with van der Waals surface area (Å²) in [5, 5.41) is 3.17. The fourth-order valence-electron chi connectivity index (χ4n) is 3.15. The van der Waals surface area contributed by atoms with Gasteiger partial charge in [-0.15, -0.1) is 0 Å². The van der Waals surface area contributed by atoms with E-state index in [0.29, 0.717) is 22.6 Å². The molecule has 0 fully saturated rings. The third kappa shape index (κ3) is 3.25. The van der Waals surface area contributed by atoms with E-state index in [4.69, 9.17) is 10.7 Å². The van der Waals surface area contributed by atoms with Crippen molar-refractivity contribution in [1.82, 2.24) is 9.78 Å². The summed E-state index contributed by atoms with van der Waals surface area (Å²) in [7, 11) is 0. The predicted molar refractivity (Wildman–Crippen MR) is 114 cm³/mol. The summed E-state index contributed by atoms with van der Waals surface area (Å²) in [6.45, 7) is 1.88. The van der Waals surface area contributed by atoms with Crippen molar-refractivity contribution >= 4 is 17.1 Å². The number of aliphatic imine (C=N–C) groups is 1. The highest BCUT2D eigenvalue weighted by molar-refractivity contribution is 6.14. The normalized spacial score (nSPS) is 11.5. The molecule has 5 heteroatoms. The van der Waals surface area contributed by atoms with Gasteiger partial charge in [-0.25, -0.2) is 9.67 Å². The molecule has 0 aliphatic heterocycles. The van der Waals surface area contributed by atoms with Crippen LogP contribution in [0.4, 0.5) is 11.4 Å². The number of nitrogens with one attached hydrogen (secondary N) is 1. The summed E-state index contributed by atoms with van der Waals surface area (Å²) < 4.78 is 1.54. The maximum absolute atomic E-state index is 13.3. The van der Waals surface area contributed by atoms with Crippen LogP contribution < -0.4 is 11.3 Å². The topological polar surface area (TPSA) is 76.2 Å². The van der Waals surface area contributed by atoms with Crippen LogP contribution in [0.1, 0.15) is 16.8 Å². The van der Waals surface area contributed by atoms with Gasteiger partial charge in [-0.1, -0.05) is 60.7 Å². The number of aromatic amines is 1. The average molecular weight is 368 g/mol. The second-order valence-electron chi connectivity index (χ2n) is 6.47. The van der Waals surface area contributed by atoms with Crippen LogP contribution in [0.5, 0.6) is 0 Å². The molecule has 3 aromatic carbocycles. The van der Waals surface area contributed by atoms with Crippen LogP contribution in [0.2, 0.25) is 0 Å². The quantitative estimate of drug-likeness (QED) is 0.418. The summed E-state index contributed by atoms with van der Waals surface area (Å²) in [6.07, 6.45) is 0. The van der Waals surface area contributed by atoms with Gasteiger partial charge in [0.2, 0.25) is 0 Å². The maximum Gasteiger partial charge on any atom is 0.280 e. The van der Waals surface area contributed by atoms with Gasteiger partial charge in [-0.05, 0) is 31.2 Å². The van der Waals surface area contributed by atoms with Crippen molar-refractivity contribution in [3.8, 4) is 5.69 Å². The third-order valence-electron chi connectivity index (χ3n) is 4.54. The van der Waals surface area contributed by atoms with E-state index in [1.54, 1.807) is 6.07 Å². The Morgan fingerprint density at radius 3 is 2.18 bits per heavy atom. The summed E-state index contributed by atoms with van der Waals surface area (Å²) >= 11 is 0. The van der Waals surface area contributed by atoms with Crippen LogP contribution >= 0.6 is 0 Å². The molecular weight excluding hydrogens is 348 g/mol. The zero-order valence-electron chi connectivity index (χ0n) is 15.5. The van der Waals surface area contributed by atoms with Gasteiger partial charge in [0.1, 0.15) is 0 Å². The van der Waals surface area contributed by atoms with Gasteiger partial charge in [0.05, 0.1) is 28.3 Å². The zero-order chi connectivity index (χ0) is 19.5. The number of nitrogen functional groups attached to an aromatic ring is 1. The fourth-order valence-corrected chi connectivity index (χ4v) is 3.15. The third-order valence-corrected chi connectivity index (χ3v) is 4.54. The first kappa shape index (κ1) is 17.5. The fraction of sp³-hybridized carbons (Fsp3) is 0.0435. The minimum Gasteiger partial charge on any atom is -0.397 e. The van der Waals surface area contributed by atoms with Crippen LogP contribution in [0.3, 0.4) is 0 Å². The molecule has 0 aliphatic rings. The van der Waals surface area contributed by atoms with Crippen molar-refractivity contribution in [3.05, 3.63) is 112 Å². The van der Waals surface area contributed by atoms with Crippen LogP contribution in [-0.4, -0.2) is 15.5 Å². The van der Waals surface area contributed by atoms with Crippen LogP contribution in [0.25, 0.3) is 5.69 Å². The highest BCUT2D eigenvalue weighted by atomic mass is 16.1. The first-order valence-corrected chi connectivity index (χ1v) is 9.01. The molecule has 28 heavy (non-hydrogen) atoms. The molecule has 0 spiro atoms. The number of hydrogen-bond acceptors (Lipinski definition) is 3. The number of H-pyrrole nitrogens is 1. The van der Waals surface area contributed by atoms with Gasteiger partial charge in [-0.3, -0.25) is 9.89 Å². The Morgan fingerprint density at radius 2 is 1.50 bits per heavy atom. The number of nitrogens with two attached hydrogens (primary N) is 1. The van der Waals surface area contributed by atoms with Gasteiger partial charge in [-0.2, -0.15) is 0 Å². The van der Waals surface area contributed by atoms with E-state index in [2.05, 4.69) is 5.10 Å². The van der Waals surface area contributed by atoms with Gasteiger partial charge >= 0.3 is 0 Å². The Kier molecular flexibility index (Phi) is 4.64. The number of aromatic nitrogens is 2. The van der Waals surface area contributed by atoms with Crippen molar-refractivity contribution in [2.45, 2.75) is 6.92 Å². The second-order valence-corrected chi connectivity index (χ2v) is 6.47. The Bertz CT molecular complexity index is 1190. The van der Waals surface area contributed by atoms with E-state index in [9.17, 15) is 4.79 Å². The van der Waals surface area contributed by atoms with Gasteiger partial charge in [0, 0.05) is 11.3 Å². The average Bonchev–Trinajstić information content (AvgIpc) is 3.03. The Balaban J connectivity index is 1.96. The number of aryl methyl sites for hydroxylation is 1. The largest absolute Gasteiger partial charge is 0.397 e. The lowest BCUT2D eigenvalue weighted by atomic mass is 10.0. The van der Waals surface area contributed by atoms with E-state index in [1.807, 2.05) is 85.8 Å². The van der Waals surface area contributed by atoms with E-state index in [-0.39, 0.29) is 5.56 Å². The molecule has 0 radical (unpaired) electrons. The first-order valence-electron chi connectivity index (χ1n) is 9.01. The molecule has 0 saturated carbocycles. The lowest BCUT2D eigenvalue weighted by Crippen LogP contribution is -2.21. The summed E-state index contributed by atoms with van der Waals surface area (Å²) in [5.74, 6) is 0. The van der Waals surface area contributed by atoms with Crippen molar-refractivity contribution in [1.29, 1.82) is 0 Å². The molecule has 0 saturated heterocycles. The molecule has 0 atom stereocenters. The minimum absolute atomic E-state index is 0.152. The first-order chi connectivity index (χ1) is 13.6. The zero-order valence-corrected chi connectivity index (χ0v) is 15.5. The highest BCUT2D eigenvalue weighted by Crippen LogP contribution is 2.24. The van der Waals surface area contributed by atoms with E-state index < -0.39 is 0 Å².